The third-order valence-corrected chi connectivity index (χ3v) is 5.58. The van der Waals surface area contributed by atoms with Gasteiger partial charge >= 0.3 is 6.18 Å². The van der Waals surface area contributed by atoms with Crippen LogP contribution in [-0.4, -0.2) is 21.5 Å². The Morgan fingerprint density at radius 1 is 0.943 bits per heavy atom. The Labute approximate surface area is 204 Å². The van der Waals surface area contributed by atoms with Gasteiger partial charge < -0.3 is 5.32 Å². The number of nitrogens with zero attached hydrogens (tertiary/aromatic N) is 2. The fourth-order valence-corrected chi connectivity index (χ4v) is 3.70. The monoisotopic (exact) mass is 497 g/mol. The van der Waals surface area contributed by atoms with Gasteiger partial charge in [0.2, 0.25) is 0 Å². The van der Waals surface area contributed by atoms with Gasteiger partial charge in [0.1, 0.15) is 0 Å². The van der Waals surface area contributed by atoms with Crippen molar-refractivity contribution in [2.45, 2.75) is 19.6 Å². The summed E-state index contributed by atoms with van der Waals surface area (Å²) in [6.45, 7) is 1.82. The highest BCUT2D eigenvalue weighted by molar-refractivity contribution is 6.30. The molecule has 35 heavy (non-hydrogen) atoms. The van der Waals surface area contributed by atoms with Crippen LogP contribution in [0.25, 0.3) is 0 Å². The molecule has 0 saturated heterocycles. The second-order valence-electron chi connectivity index (χ2n) is 7.86. The van der Waals surface area contributed by atoms with Gasteiger partial charge in [-0.3, -0.25) is 14.3 Å². The number of carbonyl (C=O) groups excluding carboxylic acids is 2. The molecule has 0 radical (unpaired) electrons. The molecule has 0 aliphatic rings. The third kappa shape index (κ3) is 5.60. The number of aromatic nitrogens is 2. The maximum absolute atomic E-state index is 13.0. The number of alkyl halides is 3. The number of hydrogen-bond donors (Lipinski definition) is 1. The molecule has 4 aromatic rings. The lowest BCUT2D eigenvalue weighted by Gasteiger charge is -2.10. The summed E-state index contributed by atoms with van der Waals surface area (Å²) >= 11 is 5.89. The standard InChI is InChI=1S/C26H19ClF3N3O2/c1-16-13-23(32-33(16)15-17-5-4-6-19(14-17)26(28,29)30)31-25(35)22-8-3-2-7-21(22)24(34)18-9-11-20(27)12-10-18/h2-14H,15H2,1H3,(H,31,32,35). The average Bonchev–Trinajstić information content (AvgIpc) is 3.17. The molecule has 1 aromatic heterocycles. The van der Waals surface area contributed by atoms with Crippen LogP contribution in [0.2, 0.25) is 5.02 Å². The van der Waals surface area contributed by atoms with Crippen LogP contribution < -0.4 is 5.32 Å². The van der Waals surface area contributed by atoms with Crippen molar-refractivity contribution < 1.29 is 22.8 Å². The van der Waals surface area contributed by atoms with Crippen LogP contribution in [0.4, 0.5) is 19.0 Å². The van der Waals surface area contributed by atoms with Crippen molar-refractivity contribution in [1.82, 2.24) is 9.78 Å². The number of rotatable bonds is 6. The summed E-state index contributed by atoms with van der Waals surface area (Å²) in [5.74, 6) is -0.654. The van der Waals surface area contributed by atoms with Gasteiger partial charge in [-0.15, -0.1) is 0 Å². The highest BCUT2D eigenvalue weighted by atomic mass is 35.5. The van der Waals surface area contributed by atoms with Gasteiger partial charge in [0.15, 0.2) is 11.6 Å². The molecule has 9 heteroatoms. The SMILES string of the molecule is Cc1cc(NC(=O)c2ccccc2C(=O)c2ccc(Cl)cc2)nn1Cc1cccc(C(F)(F)F)c1. The molecule has 0 atom stereocenters. The number of ketones is 1. The molecule has 0 fully saturated rings. The van der Waals surface area contributed by atoms with Crippen LogP contribution in [0.5, 0.6) is 0 Å². The molecule has 1 amide bonds. The molecule has 0 unspecified atom stereocenters. The number of nitrogens with one attached hydrogen (secondary N) is 1. The predicted molar refractivity (Wildman–Crippen MR) is 127 cm³/mol. The molecule has 0 aliphatic heterocycles. The molecule has 3 aromatic carbocycles. The first-order chi connectivity index (χ1) is 16.6. The number of hydrogen-bond acceptors (Lipinski definition) is 3. The van der Waals surface area contributed by atoms with E-state index in [2.05, 4.69) is 10.4 Å². The van der Waals surface area contributed by atoms with E-state index in [4.69, 9.17) is 11.6 Å². The quantitative estimate of drug-likeness (QED) is 0.314. The summed E-state index contributed by atoms with van der Waals surface area (Å²) in [5.41, 5.74) is 1.09. The largest absolute Gasteiger partial charge is 0.416 e. The Bertz CT molecular complexity index is 1400. The first kappa shape index (κ1) is 24.2. The lowest BCUT2D eigenvalue weighted by atomic mass is 9.98. The van der Waals surface area contributed by atoms with Crippen molar-refractivity contribution in [2.75, 3.05) is 5.32 Å². The Kier molecular flexibility index (Phi) is 6.75. The minimum absolute atomic E-state index is 0.0945. The normalized spacial score (nSPS) is 11.3. The van der Waals surface area contributed by atoms with E-state index < -0.39 is 17.6 Å². The van der Waals surface area contributed by atoms with Crippen LogP contribution in [0.15, 0.2) is 78.9 Å². The van der Waals surface area contributed by atoms with Crippen LogP contribution in [-0.2, 0) is 12.7 Å². The number of benzene rings is 3. The summed E-state index contributed by atoms with van der Waals surface area (Å²) in [6.07, 6.45) is -4.44. The molecular weight excluding hydrogens is 479 g/mol. The molecule has 0 aliphatic carbocycles. The summed E-state index contributed by atoms with van der Waals surface area (Å²) in [7, 11) is 0. The predicted octanol–water partition coefficient (Wildman–Crippen LogP) is 6.40. The van der Waals surface area contributed by atoms with Crippen LogP contribution in [0.1, 0.15) is 43.1 Å². The summed E-state index contributed by atoms with van der Waals surface area (Å²) in [5, 5.41) is 7.47. The third-order valence-electron chi connectivity index (χ3n) is 5.33. The van der Waals surface area contributed by atoms with E-state index in [9.17, 15) is 22.8 Å². The van der Waals surface area contributed by atoms with Gasteiger partial charge in [0, 0.05) is 27.9 Å². The zero-order valence-corrected chi connectivity index (χ0v) is 19.2. The van der Waals surface area contributed by atoms with Crippen molar-refractivity contribution in [3.63, 3.8) is 0 Å². The van der Waals surface area contributed by atoms with Crippen LogP contribution >= 0.6 is 11.6 Å². The van der Waals surface area contributed by atoms with E-state index in [0.29, 0.717) is 21.8 Å². The van der Waals surface area contributed by atoms with Gasteiger partial charge in [-0.25, -0.2) is 0 Å². The number of aryl methyl sites for hydroxylation is 1. The molecule has 4 rings (SSSR count). The van der Waals surface area contributed by atoms with Crippen LogP contribution in [0.3, 0.4) is 0 Å². The lowest BCUT2D eigenvalue weighted by Crippen LogP contribution is -2.17. The second kappa shape index (κ2) is 9.76. The zero-order valence-electron chi connectivity index (χ0n) is 18.4. The molecule has 0 bridgehead atoms. The van der Waals surface area contributed by atoms with Gasteiger partial charge in [-0.2, -0.15) is 18.3 Å². The zero-order chi connectivity index (χ0) is 25.2. The molecule has 1 heterocycles. The first-order valence-electron chi connectivity index (χ1n) is 10.5. The van der Waals surface area contributed by atoms with Gasteiger partial charge in [0.25, 0.3) is 5.91 Å². The van der Waals surface area contributed by atoms with Crippen molar-refractivity contribution in [1.29, 1.82) is 0 Å². The Morgan fingerprint density at radius 3 is 2.31 bits per heavy atom. The highest BCUT2D eigenvalue weighted by Gasteiger charge is 2.30. The van der Waals surface area contributed by atoms with E-state index in [-0.39, 0.29) is 29.3 Å². The second-order valence-corrected chi connectivity index (χ2v) is 8.30. The van der Waals surface area contributed by atoms with E-state index >= 15 is 0 Å². The van der Waals surface area contributed by atoms with E-state index in [1.165, 1.54) is 16.8 Å². The molecule has 5 nitrogen and oxygen atoms in total. The molecular formula is C26H19ClF3N3O2. The number of carbonyl (C=O) groups is 2. The fraction of sp³-hybridized carbons (Fsp3) is 0.115. The Morgan fingerprint density at radius 2 is 1.63 bits per heavy atom. The van der Waals surface area contributed by atoms with Gasteiger partial charge in [-0.05, 0) is 55.0 Å². The maximum atomic E-state index is 13.0. The highest BCUT2D eigenvalue weighted by Crippen LogP contribution is 2.30. The summed E-state index contributed by atoms with van der Waals surface area (Å²) < 4.78 is 40.5. The number of amides is 1. The van der Waals surface area contributed by atoms with E-state index in [0.717, 1.165) is 12.1 Å². The van der Waals surface area contributed by atoms with Gasteiger partial charge in [-0.1, -0.05) is 41.9 Å². The van der Waals surface area contributed by atoms with Gasteiger partial charge in [0.05, 0.1) is 17.7 Å². The molecule has 1 N–H and O–H groups in total. The Balaban J connectivity index is 1.54. The van der Waals surface area contributed by atoms with Crippen LogP contribution in [0, 0.1) is 6.92 Å². The molecule has 0 spiro atoms. The smallest absolute Gasteiger partial charge is 0.305 e. The first-order valence-corrected chi connectivity index (χ1v) is 10.9. The number of anilines is 1. The number of halogens is 4. The minimum Gasteiger partial charge on any atom is -0.305 e. The van der Waals surface area contributed by atoms with Crippen molar-refractivity contribution in [2.24, 2.45) is 0 Å². The topological polar surface area (TPSA) is 64.0 Å². The summed E-state index contributed by atoms with van der Waals surface area (Å²) in [4.78, 5) is 26.0. The fourth-order valence-electron chi connectivity index (χ4n) is 3.57. The van der Waals surface area contributed by atoms with E-state index in [1.807, 2.05) is 0 Å². The van der Waals surface area contributed by atoms with Crippen molar-refractivity contribution >= 4 is 29.1 Å². The summed E-state index contributed by atoms with van der Waals surface area (Å²) in [6, 6.07) is 19.3. The Hall–Kier alpha value is -3.91. The average molecular weight is 498 g/mol. The minimum atomic E-state index is -4.44. The van der Waals surface area contributed by atoms with Crippen molar-refractivity contribution in [3.05, 3.63) is 117 Å². The van der Waals surface area contributed by atoms with Crippen molar-refractivity contribution in [3.8, 4) is 0 Å². The lowest BCUT2D eigenvalue weighted by molar-refractivity contribution is -0.137. The van der Waals surface area contributed by atoms with E-state index in [1.54, 1.807) is 61.5 Å². The molecule has 178 valence electrons. The maximum Gasteiger partial charge on any atom is 0.416 e. The molecule has 0 saturated carbocycles.